The first kappa shape index (κ1) is 10.5. The van der Waals surface area contributed by atoms with Crippen molar-refractivity contribution >= 4 is 23.2 Å². The lowest BCUT2D eigenvalue weighted by atomic mass is 10.3. The Morgan fingerprint density at radius 1 is 1.31 bits per heavy atom. The number of hydrogen-bond acceptors (Lipinski definition) is 1. The zero-order valence-electron chi connectivity index (χ0n) is 6.03. The second-order valence-corrected chi connectivity index (χ2v) is 2.97. The van der Waals surface area contributed by atoms with Gasteiger partial charge in [-0.1, -0.05) is 11.6 Å². The minimum atomic E-state index is -3.82. The highest BCUT2D eigenvalue weighted by Crippen LogP contribution is 2.27. The van der Waals surface area contributed by atoms with Crippen LogP contribution in [0.25, 0.3) is 0 Å². The van der Waals surface area contributed by atoms with E-state index >= 15 is 0 Å². The number of rotatable bonds is 2. The first-order valence-corrected chi connectivity index (χ1v) is 3.85. The summed E-state index contributed by atoms with van der Waals surface area (Å²) in [6, 6.07) is 2.81. The van der Waals surface area contributed by atoms with E-state index in [1.807, 2.05) is 0 Å². The molecule has 0 heterocycles. The average Bonchev–Trinajstić information content (AvgIpc) is 1.94. The van der Waals surface area contributed by atoms with Crippen molar-refractivity contribution in [2.24, 2.45) is 0 Å². The predicted octanol–water partition coefficient (Wildman–Crippen LogP) is 3.65. The molecule has 0 radical (unpaired) electrons. The molecule has 0 aromatic heterocycles. The Morgan fingerprint density at radius 3 is 2.38 bits per heavy atom. The summed E-state index contributed by atoms with van der Waals surface area (Å²) >= 11 is 9.77. The molecule has 0 bridgehead atoms. The van der Waals surface area contributed by atoms with E-state index in [0.717, 1.165) is 18.2 Å². The second kappa shape index (κ2) is 3.64. The Kier molecular flexibility index (Phi) is 2.93. The number of alkyl halides is 3. The van der Waals surface area contributed by atoms with Crippen LogP contribution in [0.5, 0.6) is 5.75 Å². The third kappa shape index (κ3) is 3.32. The third-order valence-corrected chi connectivity index (χ3v) is 1.49. The van der Waals surface area contributed by atoms with Crippen LogP contribution in [0.3, 0.4) is 0 Å². The van der Waals surface area contributed by atoms with Crippen LogP contribution in [0.4, 0.5) is 13.2 Å². The van der Waals surface area contributed by atoms with E-state index in [1.165, 1.54) is 0 Å². The van der Waals surface area contributed by atoms with Crippen molar-refractivity contribution in [1.29, 1.82) is 0 Å². The smallest absolute Gasteiger partial charge is 0.420 e. The molecule has 13 heavy (non-hydrogen) atoms. The van der Waals surface area contributed by atoms with Crippen molar-refractivity contribution in [3.05, 3.63) is 29.0 Å². The fraction of sp³-hybridized carbons (Fsp3) is 0.143. The largest absolute Gasteiger partial charge is 0.487 e. The molecule has 0 aliphatic heterocycles. The normalized spacial score (nSPS) is 11.5. The van der Waals surface area contributed by atoms with Crippen LogP contribution in [0.2, 0.25) is 5.02 Å². The molecule has 0 atom stereocenters. The van der Waals surface area contributed by atoms with Crippen molar-refractivity contribution in [3.63, 3.8) is 0 Å². The van der Waals surface area contributed by atoms with Crippen LogP contribution in [0, 0.1) is 5.82 Å². The van der Waals surface area contributed by atoms with Gasteiger partial charge >= 0.3 is 5.57 Å². The molecule has 0 saturated carbocycles. The zero-order valence-corrected chi connectivity index (χ0v) is 7.54. The van der Waals surface area contributed by atoms with Gasteiger partial charge in [0.05, 0.1) is 5.02 Å². The van der Waals surface area contributed by atoms with Gasteiger partial charge in [0.1, 0.15) is 11.6 Å². The molecule has 0 amide bonds. The Morgan fingerprint density at radius 2 is 1.92 bits per heavy atom. The second-order valence-electron chi connectivity index (χ2n) is 2.12. The van der Waals surface area contributed by atoms with E-state index in [9.17, 15) is 13.2 Å². The van der Waals surface area contributed by atoms with Gasteiger partial charge in [0.2, 0.25) is 0 Å². The van der Waals surface area contributed by atoms with Crippen LogP contribution >= 0.6 is 23.2 Å². The van der Waals surface area contributed by atoms with Crippen molar-refractivity contribution in [1.82, 2.24) is 0 Å². The average molecular weight is 231 g/mol. The van der Waals surface area contributed by atoms with E-state index in [2.05, 4.69) is 16.3 Å². The van der Waals surface area contributed by atoms with Gasteiger partial charge < -0.3 is 4.74 Å². The Balaban J connectivity index is 2.86. The van der Waals surface area contributed by atoms with Gasteiger partial charge in [-0.3, -0.25) is 0 Å². The van der Waals surface area contributed by atoms with E-state index in [0.29, 0.717) is 0 Å². The minimum Gasteiger partial charge on any atom is -0.420 e. The first-order valence-electron chi connectivity index (χ1n) is 3.09. The van der Waals surface area contributed by atoms with Crippen molar-refractivity contribution in [3.8, 4) is 5.75 Å². The molecule has 1 rings (SSSR count). The van der Waals surface area contributed by atoms with Crippen LogP contribution in [0.1, 0.15) is 0 Å². The highest BCUT2D eigenvalue weighted by molar-refractivity contribution is 6.30. The molecule has 1 nitrogen and oxygen atoms in total. The van der Waals surface area contributed by atoms with E-state index in [1.54, 1.807) is 0 Å². The molecule has 0 spiro atoms. The monoisotopic (exact) mass is 230 g/mol. The highest BCUT2D eigenvalue weighted by Gasteiger charge is 2.27. The fourth-order valence-corrected chi connectivity index (χ4v) is 0.934. The summed E-state index contributed by atoms with van der Waals surface area (Å²) in [5.41, 5.74) is -3.82. The van der Waals surface area contributed by atoms with Gasteiger partial charge in [0.15, 0.2) is 0 Å². The van der Waals surface area contributed by atoms with E-state index < -0.39 is 11.4 Å². The molecule has 0 aliphatic carbocycles. The van der Waals surface area contributed by atoms with Crippen LogP contribution in [-0.2, 0) is 0 Å². The summed E-state index contributed by atoms with van der Waals surface area (Å²) in [4.78, 5) is 0. The Labute approximate surface area is 82.0 Å². The highest BCUT2D eigenvalue weighted by atomic mass is 35.5. The topological polar surface area (TPSA) is 9.23 Å². The molecule has 0 N–H and O–H groups in total. The lowest BCUT2D eigenvalue weighted by Gasteiger charge is -2.10. The summed E-state index contributed by atoms with van der Waals surface area (Å²) in [5.74, 6) is -1.02. The van der Waals surface area contributed by atoms with Crippen LogP contribution in [0.15, 0.2) is 18.2 Å². The van der Waals surface area contributed by atoms with Crippen molar-refractivity contribution < 1.29 is 17.9 Å². The number of ether oxygens (including phenoxy) is 1. The zero-order chi connectivity index (χ0) is 10.1. The maximum absolute atomic E-state index is 12.5. The fourth-order valence-electron chi connectivity index (χ4n) is 0.674. The van der Waals surface area contributed by atoms with E-state index in [4.69, 9.17) is 11.6 Å². The summed E-state index contributed by atoms with van der Waals surface area (Å²) in [7, 11) is 0. The van der Waals surface area contributed by atoms with Gasteiger partial charge in [-0.15, -0.1) is 8.78 Å². The Hall–Kier alpha value is -0.610. The van der Waals surface area contributed by atoms with Gasteiger partial charge in [-0.25, -0.2) is 4.39 Å². The summed E-state index contributed by atoms with van der Waals surface area (Å²) in [5, 5.41) is -0.307. The maximum atomic E-state index is 12.5. The molecule has 1 aromatic rings. The molecule has 6 heteroatoms. The van der Waals surface area contributed by atoms with Crippen LogP contribution < -0.4 is 4.74 Å². The van der Waals surface area contributed by atoms with Gasteiger partial charge in [-0.05, 0) is 12.1 Å². The van der Waals surface area contributed by atoms with Crippen LogP contribution in [-0.4, -0.2) is 5.57 Å². The van der Waals surface area contributed by atoms with Crippen molar-refractivity contribution in [2.45, 2.75) is 5.57 Å². The predicted molar refractivity (Wildman–Crippen MR) is 42.8 cm³/mol. The number of benzene rings is 1. The van der Waals surface area contributed by atoms with Crippen molar-refractivity contribution in [2.75, 3.05) is 0 Å². The van der Waals surface area contributed by atoms with Gasteiger partial charge in [0.25, 0.3) is 0 Å². The molecular formula is C7H3Cl2F3O. The first-order chi connectivity index (χ1) is 5.88. The Bertz CT molecular complexity index is 311. The maximum Gasteiger partial charge on any atom is 0.487 e. The summed E-state index contributed by atoms with van der Waals surface area (Å²) in [6.45, 7) is 0. The SMILES string of the molecule is Fc1ccc(OC(F)(F)Cl)cc1Cl. The molecular weight excluding hydrogens is 228 g/mol. The van der Waals surface area contributed by atoms with Gasteiger partial charge in [0, 0.05) is 17.7 Å². The lowest BCUT2D eigenvalue weighted by Crippen LogP contribution is -2.15. The number of hydrogen-bond donors (Lipinski definition) is 0. The molecule has 0 aliphatic rings. The molecule has 1 aromatic carbocycles. The molecule has 0 saturated heterocycles. The summed E-state index contributed by atoms with van der Waals surface area (Å²) < 4.78 is 40.5. The lowest BCUT2D eigenvalue weighted by molar-refractivity contribution is -0.0965. The molecule has 72 valence electrons. The summed E-state index contributed by atoms with van der Waals surface area (Å²) in [6.07, 6.45) is 0. The number of halogens is 5. The molecule has 0 unspecified atom stereocenters. The molecule has 0 fully saturated rings. The standard InChI is InChI=1S/C7H3Cl2F3O/c8-5-3-4(1-2-6(5)10)13-7(9,11)12/h1-3H. The van der Waals surface area contributed by atoms with E-state index in [-0.39, 0.29) is 10.8 Å². The quantitative estimate of drug-likeness (QED) is 0.706. The third-order valence-electron chi connectivity index (χ3n) is 1.12. The van der Waals surface area contributed by atoms with Gasteiger partial charge in [-0.2, -0.15) is 0 Å². The minimum absolute atomic E-state index is 0.300.